The zero-order valence-electron chi connectivity index (χ0n) is 14.1. The number of ether oxygens (including phenoxy) is 1. The van der Waals surface area contributed by atoms with E-state index in [0.29, 0.717) is 23.6 Å². The smallest absolute Gasteiger partial charge is 0.317 e. The van der Waals surface area contributed by atoms with E-state index in [1.54, 1.807) is 12.1 Å². The highest BCUT2D eigenvalue weighted by atomic mass is 35.5. The van der Waals surface area contributed by atoms with Crippen molar-refractivity contribution < 1.29 is 18.7 Å². The SMILES string of the molecule is O=C(COC(=O)C1(c2ccc(Cl)cc2)CCCC1)Nc1ccc(F)cc1. The number of benzene rings is 2. The van der Waals surface area contributed by atoms with Gasteiger partial charge in [-0.1, -0.05) is 36.6 Å². The third kappa shape index (κ3) is 4.05. The van der Waals surface area contributed by atoms with E-state index in [4.69, 9.17) is 16.3 Å². The van der Waals surface area contributed by atoms with Crippen molar-refractivity contribution in [1.82, 2.24) is 0 Å². The molecule has 1 N–H and O–H groups in total. The van der Waals surface area contributed by atoms with E-state index in [2.05, 4.69) is 5.32 Å². The van der Waals surface area contributed by atoms with E-state index in [-0.39, 0.29) is 12.4 Å². The second-order valence-corrected chi connectivity index (χ2v) is 6.86. The van der Waals surface area contributed by atoms with Crippen molar-refractivity contribution in [3.05, 3.63) is 64.9 Å². The normalized spacial score (nSPS) is 15.5. The Labute approximate surface area is 156 Å². The molecule has 6 heteroatoms. The van der Waals surface area contributed by atoms with Crippen LogP contribution in [0.4, 0.5) is 10.1 Å². The fourth-order valence-corrected chi connectivity index (χ4v) is 3.48. The van der Waals surface area contributed by atoms with E-state index in [9.17, 15) is 14.0 Å². The molecular weight excluding hydrogens is 357 g/mol. The predicted octanol–water partition coefficient (Wildman–Crippen LogP) is 4.47. The maximum atomic E-state index is 12.9. The van der Waals surface area contributed by atoms with Gasteiger partial charge in [0.25, 0.3) is 5.91 Å². The monoisotopic (exact) mass is 375 g/mol. The molecule has 0 atom stereocenters. The van der Waals surface area contributed by atoms with Crippen LogP contribution in [0.1, 0.15) is 31.2 Å². The summed E-state index contributed by atoms with van der Waals surface area (Å²) in [5, 5.41) is 3.18. The fourth-order valence-electron chi connectivity index (χ4n) is 3.36. The van der Waals surface area contributed by atoms with Crippen LogP contribution < -0.4 is 5.32 Å². The van der Waals surface area contributed by atoms with Crippen LogP contribution >= 0.6 is 11.6 Å². The van der Waals surface area contributed by atoms with Gasteiger partial charge in [-0.15, -0.1) is 0 Å². The largest absolute Gasteiger partial charge is 0.455 e. The molecule has 0 aromatic heterocycles. The van der Waals surface area contributed by atoms with Crippen LogP contribution in [0, 0.1) is 5.82 Å². The van der Waals surface area contributed by atoms with Crippen molar-refractivity contribution in [2.75, 3.05) is 11.9 Å². The first-order chi connectivity index (χ1) is 12.5. The zero-order chi connectivity index (χ0) is 18.6. The summed E-state index contributed by atoms with van der Waals surface area (Å²) in [7, 11) is 0. The number of nitrogens with one attached hydrogen (secondary N) is 1. The Kier molecular flexibility index (Phi) is 5.57. The average molecular weight is 376 g/mol. The molecule has 1 aliphatic rings. The molecule has 136 valence electrons. The Morgan fingerprint density at radius 1 is 1.04 bits per heavy atom. The first kappa shape index (κ1) is 18.4. The highest BCUT2D eigenvalue weighted by Crippen LogP contribution is 2.42. The van der Waals surface area contributed by atoms with Gasteiger partial charge in [0.2, 0.25) is 0 Å². The van der Waals surface area contributed by atoms with Crippen molar-refractivity contribution in [2.45, 2.75) is 31.1 Å². The van der Waals surface area contributed by atoms with Gasteiger partial charge in [-0.05, 0) is 54.8 Å². The zero-order valence-corrected chi connectivity index (χ0v) is 14.9. The van der Waals surface area contributed by atoms with Crippen LogP contribution in [-0.2, 0) is 19.7 Å². The van der Waals surface area contributed by atoms with Crippen LogP contribution in [0.3, 0.4) is 0 Å². The highest BCUT2D eigenvalue weighted by molar-refractivity contribution is 6.30. The summed E-state index contributed by atoms with van der Waals surface area (Å²) in [4.78, 5) is 24.8. The molecule has 0 heterocycles. The van der Waals surface area contributed by atoms with Gasteiger partial charge in [0, 0.05) is 10.7 Å². The van der Waals surface area contributed by atoms with Crippen LogP contribution in [0.25, 0.3) is 0 Å². The molecular formula is C20H19ClFNO3. The third-order valence-corrected chi connectivity index (χ3v) is 4.96. The Morgan fingerprint density at radius 2 is 1.65 bits per heavy atom. The summed E-state index contributed by atoms with van der Waals surface area (Å²) in [5.41, 5.74) is 0.588. The Morgan fingerprint density at radius 3 is 2.27 bits per heavy atom. The lowest BCUT2D eigenvalue weighted by atomic mass is 9.79. The van der Waals surface area contributed by atoms with Crippen molar-refractivity contribution in [3.63, 3.8) is 0 Å². The lowest BCUT2D eigenvalue weighted by Gasteiger charge is -2.27. The lowest BCUT2D eigenvalue weighted by Crippen LogP contribution is -2.36. The lowest BCUT2D eigenvalue weighted by molar-refractivity contribution is -0.153. The maximum Gasteiger partial charge on any atom is 0.317 e. The molecule has 4 nitrogen and oxygen atoms in total. The minimum absolute atomic E-state index is 0.383. The van der Waals surface area contributed by atoms with Crippen molar-refractivity contribution >= 4 is 29.2 Å². The molecule has 0 saturated heterocycles. The fraction of sp³-hybridized carbons (Fsp3) is 0.300. The Balaban J connectivity index is 1.64. The van der Waals surface area contributed by atoms with Crippen LogP contribution in [-0.4, -0.2) is 18.5 Å². The summed E-state index contributed by atoms with van der Waals surface area (Å²) in [6.45, 7) is -0.383. The molecule has 0 radical (unpaired) electrons. The minimum Gasteiger partial charge on any atom is -0.455 e. The highest BCUT2D eigenvalue weighted by Gasteiger charge is 2.44. The molecule has 2 aromatic rings. The van der Waals surface area contributed by atoms with E-state index in [0.717, 1.165) is 18.4 Å². The van der Waals surface area contributed by atoms with E-state index in [1.807, 2.05) is 12.1 Å². The molecule has 26 heavy (non-hydrogen) atoms. The minimum atomic E-state index is -0.721. The Hall–Kier alpha value is -2.40. The third-order valence-electron chi connectivity index (χ3n) is 4.71. The van der Waals surface area contributed by atoms with Gasteiger partial charge in [0.15, 0.2) is 6.61 Å². The van der Waals surface area contributed by atoms with Crippen molar-refractivity contribution in [1.29, 1.82) is 0 Å². The number of esters is 1. The number of carbonyl (C=O) groups excluding carboxylic acids is 2. The van der Waals surface area contributed by atoms with Crippen LogP contribution in [0.2, 0.25) is 5.02 Å². The first-order valence-corrected chi connectivity index (χ1v) is 8.86. The van der Waals surface area contributed by atoms with Gasteiger partial charge < -0.3 is 10.1 Å². The van der Waals surface area contributed by atoms with Gasteiger partial charge in [0.1, 0.15) is 5.82 Å². The number of halogens is 2. The number of rotatable bonds is 5. The number of carbonyl (C=O) groups is 2. The van der Waals surface area contributed by atoms with Crippen molar-refractivity contribution in [3.8, 4) is 0 Å². The molecule has 1 amide bonds. The average Bonchev–Trinajstić information content (AvgIpc) is 3.13. The van der Waals surface area contributed by atoms with E-state index in [1.165, 1.54) is 24.3 Å². The number of anilines is 1. The second kappa shape index (κ2) is 7.87. The van der Waals surface area contributed by atoms with Crippen molar-refractivity contribution in [2.24, 2.45) is 0 Å². The molecule has 0 spiro atoms. The first-order valence-electron chi connectivity index (χ1n) is 8.48. The summed E-state index contributed by atoms with van der Waals surface area (Å²) in [5.74, 6) is -1.25. The summed E-state index contributed by atoms with van der Waals surface area (Å²) < 4.78 is 18.2. The molecule has 1 aliphatic carbocycles. The van der Waals surface area contributed by atoms with Gasteiger partial charge in [-0.2, -0.15) is 0 Å². The summed E-state index contributed by atoms with van der Waals surface area (Å²) >= 11 is 5.94. The second-order valence-electron chi connectivity index (χ2n) is 6.43. The number of hydrogen-bond donors (Lipinski definition) is 1. The van der Waals surface area contributed by atoms with Crippen LogP contribution in [0.15, 0.2) is 48.5 Å². The number of hydrogen-bond acceptors (Lipinski definition) is 3. The predicted molar refractivity (Wildman–Crippen MR) is 97.6 cm³/mol. The quantitative estimate of drug-likeness (QED) is 0.784. The molecule has 0 aliphatic heterocycles. The van der Waals surface area contributed by atoms with Gasteiger partial charge in [-0.3, -0.25) is 9.59 Å². The molecule has 1 fully saturated rings. The topological polar surface area (TPSA) is 55.4 Å². The summed E-state index contributed by atoms with van der Waals surface area (Å²) in [6.07, 6.45) is 3.24. The molecule has 1 saturated carbocycles. The van der Waals surface area contributed by atoms with Gasteiger partial charge in [0.05, 0.1) is 5.41 Å². The van der Waals surface area contributed by atoms with E-state index < -0.39 is 17.3 Å². The summed E-state index contributed by atoms with van der Waals surface area (Å²) in [6, 6.07) is 12.6. The number of amides is 1. The Bertz CT molecular complexity index is 784. The maximum absolute atomic E-state index is 12.9. The van der Waals surface area contributed by atoms with E-state index >= 15 is 0 Å². The molecule has 3 rings (SSSR count). The van der Waals surface area contributed by atoms with Gasteiger partial charge in [-0.25, -0.2) is 4.39 Å². The van der Waals surface area contributed by atoms with Gasteiger partial charge >= 0.3 is 5.97 Å². The standard InChI is InChI=1S/C20H19ClFNO3/c21-15-5-3-14(4-6-15)20(11-1-2-12-20)19(25)26-13-18(24)23-17-9-7-16(22)8-10-17/h3-10H,1-2,11-13H2,(H,23,24). The molecule has 0 bridgehead atoms. The molecule has 2 aromatic carbocycles. The van der Waals surface area contributed by atoms with Crippen LogP contribution in [0.5, 0.6) is 0 Å². The molecule has 0 unspecified atom stereocenters.